The third-order valence-electron chi connectivity index (χ3n) is 4.26. The Balaban J connectivity index is 2.22. The van der Waals surface area contributed by atoms with Crippen LogP contribution in [0.15, 0.2) is 64.4 Å². The minimum absolute atomic E-state index is 0.240. The highest BCUT2D eigenvalue weighted by atomic mass is 32.2. The minimum Gasteiger partial charge on any atom is -0.480 e. The number of thioether (sulfide) groups is 1. The first-order valence-corrected chi connectivity index (χ1v) is 11.4. The number of aromatic nitrogens is 1. The highest BCUT2D eigenvalue weighted by Gasteiger charge is 2.16. The average Bonchev–Trinajstić information content (AvgIpc) is 2.72. The molecule has 0 radical (unpaired) electrons. The van der Waals surface area contributed by atoms with Gasteiger partial charge in [-0.1, -0.05) is 24.3 Å². The summed E-state index contributed by atoms with van der Waals surface area (Å²) in [6, 6.07) is 18.3. The van der Waals surface area contributed by atoms with Crippen LogP contribution in [0.2, 0.25) is 0 Å². The van der Waals surface area contributed by atoms with Gasteiger partial charge in [-0.15, -0.1) is 11.8 Å². The molecule has 0 fully saturated rings. The summed E-state index contributed by atoms with van der Waals surface area (Å²) < 4.78 is 28.8. The topological polar surface area (TPSA) is 80.0 Å². The van der Waals surface area contributed by atoms with Crippen LogP contribution in [0.5, 0.6) is 5.88 Å². The van der Waals surface area contributed by atoms with E-state index in [0.717, 1.165) is 21.6 Å². The van der Waals surface area contributed by atoms with Crippen LogP contribution in [-0.4, -0.2) is 33.0 Å². The Hall–Kier alpha value is -2.82. The van der Waals surface area contributed by atoms with Crippen LogP contribution < -0.4 is 4.74 Å². The summed E-state index contributed by atoms with van der Waals surface area (Å²) in [6.07, 6.45) is 3.18. The lowest BCUT2D eigenvalue weighted by molar-refractivity contribution is 0.397. The second-order valence-corrected chi connectivity index (χ2v) is 8.97. The molecule has 3 rings (SSSR count). The quantitative estimate of drug-likeness (QED) is 0.579. The lowest BCUT2D eigenvalue weighted by Crippen LogP contribution is -1.99. The first-order chi connectivity index (χ1) is 13.4. The predicted octanol–water partition coefficient (Wildman–Crippen LogP) is 4.42. The van der Waals surface area contributed by atoms with Crippen molar-refractivity contribution in [2.24, 2.45) is 0 Å². The Morgan fingerprint density at radius 1 is 1.04 bits per heavy atom. The molecule has 2 aromatic carbocycles. The molecule has 0 atom stereocenters. The fourth-order valence-corrected chi connectivity index (χ4v) is 3.84. The molecule has 0 amide bonds. The van der Waals surface area contributed by atoms with Crippen molar-refractivity contribution in [3.63, 3.8) is 0 Å². The maximum absolute atomic E-state index is 11.7. The zero-order valence-corrected chi connectivity index (χ0v) is 17.3. The van der Waals surface area contributed by atoms with Gasteiger partial charge in [0.15, 0.2) is 9.84 Å². The van der Waals surface area contributed by atoms with E-state index in [0.29, 0.717) is 11.3 Å². The largest absolute Gasteiger partial charge is 0.480 e. The maximum atomic E-state index is 11.7. The third-order valence-corrected chi connectivity index (χ3v) is 6.13. The molecule has 0 aliphatic carbocycles. The van der Waals surface area contributed by atoms with Gasteiger partial charge in [0.05, 0.1) is 17.7 Å². The van der Waals surface area contributed by atoms with Crippen LogP contribution >= 0.6 is 11.8 Å². The van der Waals surface area contributed by atoms with Crippen LogP contribution in [0.1, 0.15) is 5.56 Å². The van der Waals surface area contributed by atoms with Gasteiger partial charge in [0.2, 0.25) is 5.88 Å². The molecular formula is C21H18N2O3S2. The number of sulfone groups is 1. The molecular weight excluding hydrogens is 392 g/mol. The first-order valence-electron chi connectivity index (χ1n) is 8.31. The number of nitriles is 1. The number of hydrogen-bond donors (Lipinski definition) is 0. The molecule has 3 aromatic rings. The molecule has 0 N–H and O–H groups in total. The van der Waals surface area contributed by atoms with Gasteiger partial charge in [0, 0.05) is 22.3 Å². The highest BCUT2D eigenvalue weighted by Crippen LogP contribution is 2.35. The molecule has 7 heteroatoms. The zero-order valence-electron chi connectivity index (χ0n) is 15.6. The van der Waals surface area contributed by atoms with Gasteiger partial charge < -0.3 is 4.74 Å². The van der Waals surface area contributed by atoms with E-state index in [-0.39, 0.29) is 10.8 Å². The van der Waals surface area contributed by atoms with E-state index < -0.39 is 9.84 Å². The number of ether oxygens (including phenoxy) is 1. The van der Waals surface area contributed by atoms with E-state index in [9.17, 15) is 13.7 Å². The Bertz CT molecular complexity index is 1150. The van der Waals surface area contributed by atoms with Crippen molar-refractivity contribution in [1.82, 2.24) is 4.98 Å². The summed E-state index contributed by atoms with van der Waals surface area (Å²) in [7, 11) is -1.81. The molecule has 0 saturated heterocycles. The standard InChI is InChI=1S/C21H18N2O3S2/c1-26-21-16(13-22)12-19(14-6-10-18(11-7-14)28(3,24)25)20(23-21)15-4-8-17(27-2)9-5-15/h4-12H,1-3H3. The summed E-state index contributed by atoms with van der Waals surface area (Å²) in [4.78, 5) is 5.93. The molecule has 28 heavy (non-hydrogen) atoms. The third kappa shape index (κ3) is 4.03. The molecule has 1 heterocycles. The highest BCUT2D eigenvalue weighted by molar-refractivity contribution is 7.98. The van der Waals surface area contributed by atoms with Crippen molar-refractivity contribution in [2.45, 2.75) is 9.79 Å². The van der Waals surface area contributed by atoms with Gasteiger partial charge >= 0.3 is 0 Å². The van der Waals surface area contributed by atoms with Crippen molar-refractivity contribution < 1.29 is 13.2 Å². The van der Waals surface area contributed by atoms with Crippen LogP contribution in [-0.2, 0) is 9.84 Å². The first kappa shape index (κ1) is 19.9. The van der Waals surface area contributed by atoms with Gasteiger partial charge in [0.25, 0.3) is 0 Å². The maximum Gasteiger partial charge on any atom is 0.232 e. The molecule has 5 nitrogen and oxygen atoms in total. The monoisotopic (exact) mass is 410 g/mol. The molecule has 0 spiro atoms. The Kier molecular flexibility index (Phi) is 5.73. The molecule has 0 bridgehead atoms. The Morgan fingerprint density at radius 2 is 1.64 bits per heavy atom. The Labute approximate surface area is 168 Å². The van der Waals surface area contributed by atoms with Crippen LogP contribution in [0.25, 0.3) is 22.4 Å². The second kappa shape index (κ2) is 8.05. The molecule has 0 aliphatic rings. The number of benzene rings is 2. The molecule has 0 aliphatic heterocycles. The van der Waals surface area contributed by atoms with Crippen molar-refractivity contribution in [3.8, 4) is 34.3 Å². The van der Waals surface area contributed by atoms with Crippen molar-refractivity contribution in [2.75, 3.05) is 19.6 Å². The number of methoxy groups -OCH3 is 1. The Morgan fingerprint density at radius 3 is 2.14 bits per heavy atom. The summed E-state index contributed by atoms with van der Waals surface area (Å²) >= 11 is 1.65. The summed E-state index contributed by atoms with van der Waals surface area (Å²) in [5.74, 6) is 0.253. The van der Waals surface area contributed by atoms with E-state index in [2.05, 4.69) is 11.1 Å². The van der Waals surface area contributed by atoms with Crippen LogP contribution in [0.4, 0.5) is 0 Å². The normalized spacial score (nSPS) is 11.1. The molecule has 0 unspecified atom stereocenters. The predicted molar refractivity (Wildman–Crippen MR) is 111 cm³/mol. The van der Waals surface area contributed by atoms with Gasteiger partial charge in [0.1, 0.15) is 11.6 Å². The van der Waals surface area contributed by atoms with Gasteiger partial charge in [-0.3, -0.25) is 0 Å². The van der Waals surface area contributed by atoms with E-state index >= 15 is 0 Å². The fourth-order valence-electron chi connectivity index (χ4n) is 2.80. The average molecular weight is 411 g/mol. The lowest BCUT2D eigenvalue weighted by Gasteiger charge is -2.13. The van der Waals surface area contributed by atoms with Gasteiger partial charge in [-0.25, -0.2) is 13.4 Å². The van der Waals surface area contributed by atoms with E-state index in [1.165, 1.54) is 13.4 Å². The molecule has 142 valence electrons. The summed E-state index contributed by atoms with van der Waals surface area (Å²) in [5.41, 5.74) is 3.35. The molecule has 1 aromatic heterocycles. The smallest absolute Gasteiger partial charge is 0.232 e. The van der Waals surface area contributed by atoms with Crippen LogP contribution in [0, 0.1) is 11.3 Å². The van der Waals surface area contributed by atoms with Crippen molar-refractivity contribution >= 4 is 21.6 Å². The SMILES string of the molecule is COc1nc(-c2ccc(SC)cc2)c(-c2ccc(S(C)(=O)=O)cc2)cc1C#N. The van der Waals surface area contributed by atoms with Crippen molar-refractivity contribution in [1.29, 1.82) is 5.26 Å². The molecule has 0 saturated carbocycles. The second-order valence-electron chi connectivity index (χ2n) is 6.08. The number of pyridine rings is 1. The van der Waals surface area contributed by atoms with Gasteiger partial charge in [-0.05, 0) is 42.2 Å². The minimum atomic E-state index is -3.29. The number of rotatable bonds is 5. The number of nitrogens with zero attached hydrogens (tertiary/aromatic N) is 2. The van der Waals surface area contributed by atoms with E-state index in [1.807, 2.05) is 30.5 Å². The summed E-state index contributed by atoms with van der Waals surface area (Å²) in [6.45, 7) is 0. The van der Waals surface area contributed by atoms with Crippen LogP contribution in [0.3, 0.4) is 0 Å². The van der Waals surface area contributed by atoms with Gasteiger partial charge in [-0.2, -0.15) is 5.26 Å². The lowest BCUT2D eigenvalue weighted by atomic mass is 9.98. The zero-order chi connectivity index (χ0) is 20.3. The number of hydrogen-bond acceptors (Lipinski definition) is 6. The van der Waals surface area contributed by atoms with E-state index in [1.54, 1.807) is 42.1 Å². The van der Waals surface area contributed by atoms with E-state index in [4.69, 9.17) is 4.74 Å². The van der Waals surface area contributed by atoms with Crippen molar-refractivity contribution in [3.05, 3.63) is 60.2 Å². The summed E-state index contributed by atoms with van der Waals surface area (Å²) in [5, 5.41) is 9.45. The fraction of sp³-hybridized carbons (Fsp3) is 0.143.